The number of benzene rings is 1. The molecule has 3 heterocycles. The fourth-order valence-corrected chi connectivity index (χ4v) is 7.36. The summed E-state index contributed by atoms with van der Waals surface area (Å²) in [7, 11) is 0. The van der Waals surface area contributed by atoms with Crippen LogP contribution in [-0.4, -0.2) is 28.0 Å². The Bertz CT molecular complexity index is 880. The molecule has 5 rings (SSSR count). The summed E-state index contributed by atoms with van der Waals surface area (Å²) < 4.78 is 0. The second-order valence-electron chi connectivity index (χ2n) is 9.54. The first kappa shape index (κ1) is 18.4. The Hall–Kier alpha value is -1.59. The van der Waals surface area contributed by atoms with Gasteiger partial charge >= 0.3 is 0 Å². The molecule has 148 valence electrons. The molecule has 3 aliphatic rings. The summed E-state index contributed by atoms with van der Waals surface area (Å²) in [5.41, 5.74) is 3.49. The van der Waals surface area contributed by atoms with Gasteiger partial charge in [-0.1, -0.05) is 51.4 Å². The quantitative estimate of drug-likeness (QED) is 0.615. The third-order valence-electron chi connectivity index (χ3n) is 7.33. The molecule has 0 radical (unpaired) electrons. The van der Waals surface area contributed by atoms with E-state index in [9.17, 15) is 0 Å². The molecule has 4 nitrogen and oxygen atoms in total. The summed E-state index contributed by atoms with van der Waals surface area (Å²) in [5, 5.41) is 4.43. The van der Waals surface area contributed by atoms with Gasteiger partial charge in [-0.3, -0.25) is 4.90 Å². The van der Waals surface area contributed by atoms with Gasteiger partial charge in [-0.25, -0.2) is 9.97 Å². The zero-order valence-electron chi connectivity index (χ0n) is 17.2. The van der Waals surface area contributed by atoms with Gasteiger partial charge in [0, 0.05) is 36.9 Å². The van der Waals surface area contributed by atoms with Crippen LogP contribution < -0.4 is 5.32 Å². The van der Waals surface area contributed by atoms with E-state index in [2.05, 4.69) is 59.2 Å². The summed E-state index contributed by atoms with van der Waals surface area (Å²) in [6.07, 6.45) is 8.99. The van der Waals surface area contributed by atoms with E-state index in [0.29, 0.717) is 10.8 Å². The van der Waals surface area contributed by atoms with Crippen molar-refractivity contribution in [3.05, 3.63) is 36.2 Å². The number of nitrogens with zero attached hydrogens (tertiary/aromatic N) is 3. The van der Waals surface area contributed by atoms with Crippen LogP contribution in [0.15, 0.2) is 40.5 Å². The van der Waals surface area contributed by atoms with Crippen molar-refractivity contribution in [3.63, 3.8) is 0 Å². The van der Waals surface area contributed by atoms with Crippen LogP contribution in [0.4, 0.5) is 11.5 Å². The lowest BCUT2D eigenvalue weighted by Crippen LogP contribution is -2.58. The van der Waals surface area contributed by atoms with Crippen molar-refractivity contribution in [2.45, 2.75) is 62.9 Å². The first-order valence-electron chi connectivity index (χ1n) is 10.6. The predicted molar refractivity (Wildman–Crippen MR) is 115 cm³/mol. The van der Waals surface area contributed by atoms with Crippen molar-refractivity contribution in [3.8, 4) is 0 Å². The van der Waals surface area contributed by atoms with Gasteiger partial charge in [0.15, 0.2) is 5.82 Å². The Labute approximate surface area is 172 Å². The number of fused-ring (bicyclic) bond motifs is 4. The molecular weight excluding hydrogens is 364 g/mol. The van der Waals surface area contributed by atoms with Crippen LogP contribution in [0, 0.1) is 16.7 Å². The Morgan fingerprint density at radius 3 is 2.64 bits per heavy atom. The van der Waals surface area contributed by atoms with Gasteiger partial charge in [-0.05, 0) is 47.3 Å². The van der Waals surface area contributed by atoms with Crippen molar-refractivity contribution in [1.29, 1.82) is 0 Å². The molecule has 0 spiro atoms. The molecular formula is C23H30N4S. The van der Waals surface area contributed by atoms with Gasteiger partial charge in [0.2, 0.25) is 0 Å². The van der Waals surface area contributed by atoms with E-state index >= 15 is 0 Å². The van der Waals surface area contributed by atoms with Gasteiger partial charge < -0.3 is 5.32 Å². The van der Waals surface area contributed by atoms with Gasteiger partial charge in [-0.2, -0.15) is 0 Å². The van der Waals surface area contributed by atoms with Crippen LogP contribution in [-0.2, 0) is 6.54 Å². The number of piperidine rings is 1. The van der Waals surface area contributed by atoms with Crippen molar-refractivity contribution in [1.82, 2.24) is 14.9 Å². The van der Waals surface area contributed by atoms with E-state index in [1.54, 1.807) is 24.2 Å². The number of hydrogen-bond donors (Lipinski definition) is 1. The number of rotatable bonds is 3. The molecule has 2 aliphatic heterocycles. The third-order valence-corrected chi connectivity index (χ3v) is 8.40. The molecule has 1 saturated carbocycles. The summed E-state index contributed by atoms with van der Waals surface area (Å²) in [5.74, 6) is 1.73. The zero-order chi connectivity index (χ0) is 19.4. The standard InChI is InChI=1S/C23H30N4S/c1-4-19-22(2)8-5-9-23(19,3)15-27(14-22)13-16-6-7-18-17(12-16)26-20-21(28-18)25-11-10-24-20/h6-7,10-12,19H,4-5,8-9,13-15H2,1-3H3,(H,24,26). The van der Waals surface area contributed by atoms with Gasteiger partial charge in [0.25, 0.3) is 0 Å². The smallest absolute Gasteiger partial charge is 0.163 e. The van der Waals surface area contributed by atoms with Crippen LogP contribution in [0.2, 0.25) is 0 Å². The zero-order valence-corrected chi connectivity index (χ0v) is 18.0. The molecule has 1 N–H and O–H groups in total. The summed E-state index contributed by atoms with van der Waals surface area (Å²) in [6.45, 7) is 11.0. The Morgan fingerprint density at radius 1 is 1.14 bits per heavy atom. The van der Waals surface area contributed by atoms with Gasteiger partial charge in [-0.15, -0.1) is 0 Å². The van der Waals surface area contributed by atoms with Crippen LogP contribution in [0.3, 0.4) is 0 Å². The predicted octanol–water partition coefficient (Wildman–Crippen LogP) is 5.72. The summed E-state index contributed by atoms with van der Waals surface area (Å²) in [4.78, 5) is 12.8. The third kappa shape index (κ3) is 3.03. The van der Waals surface area contributed by atoms with E-state index in [1.807, 2.05) is 0 Å². The molecule has 1 saturated heterocycles. The summed E-state index contributed by atoms with van der Waals surface area (Å²) in [6, 6.07) is 6.84. The first-order valence-corrected chi connectivity index (χ1v) is 11.4. The molecule has 2 atom stereocenters. The number of anilines is 2. The Morgan fingerprint density at radius 2 is 1.89 bits per heavy atom. The molecule has 5 heteroatoms. The molecule has 2 aromatic rings. The maximum atomic E-state index is 4.43. The first-order chi connectivity index (χ1) is 13.5. The topological polar surface area (TPSA) is 41.0 Å². The van der Waals surface area contributed by atoms with Crippen LogP contribution in [0.25, 0.3) is 0 Å². The van der Waals surface area contributed by atoms with E-state index < -0.39 is 0 Å². The highest BCUT2D eigenvalue weighted by Crippen LogP contribution is 2.56. The molecule has 1 aliphatic carbocycles. The lowest BCUT2D eigenvalue weighted by molar-refractivity contribution is -0.103. The molecule has 1 aromatic carbocycles. The fourth-order valence-electron chi connectivity index (χ4n) is 6.48. The Kier molecular flexibility index (Phi) is 4.44. The minimum absolute atomic E-state index is 0.469. The summed E-state index contributed by atoms with van der Waals surface area (Å²) >= 11 is 1.70. The lowest BCUT2D eigenvalue weighted by Gasteiger charge is -2.59. The monoisotopic (exact) mass is 394 g/mol. The molecule has 28 heavy (non-hydrogen) atoms. The van der Waals surface area contributed by atoms with Crippen LogP contribution >= 0.6 is 11.8 Å². The molecule has 2 fully saturated rings. The maximum Gasteiger partial charge on any atom is 0.163 e. The number of aromatic nitrogens is 2. The van der Waals surface area contributed by atoms with E-state index in [-0.39, 0.29) is 0 Å². The average Bonchev–Trinajstić information content (AvgIpc) is 2.65. The van der Waals surface area contributed by atoms with Gasteiger partial charge in [0.05, 0.1) is 5.69 Å². The van der Waals surface area contributed by atoms with Crippen molar-refractivity contribution < 1.29 is 0 Å². The molecule has 0 amide bonds. The minimum atomic E-state index is 0.469. The highest BCUT2D eigenvalue weighted by molar-refractivity contribution is 7.99. The van der Waals surface area contributed by atoms with Crippen molar-refractivity contribution >= 4 is 23.3 Å². The molecule has 2 bridgehead atoms. The largest absolute Gasteiger partial charge is 0.337 e. The maximum absolute atomic E-state index is 4.43. The van der Waals surface area contributed by atoms with E-state index in [4.69, 9.17) is 0 Å². The van der Waals surface area contributed by atoms with E-state index in [0.717, 1.165) is 29.0 Å². The molecule has 1 aromatic heterocycles. The fraction of sp³-hybridized carbons (Fsp3) is 0.565. The second-order valence-corrected chi connectivity index (χ2v) is 10.6. The minimum Gasteiger partial charge on any atom is -0.337 e. The highest BCUT2D eigenvalue weighted by atomic mass is 32.2. The molecule has 2 unspecified atom stereocenters. The number of hydrogen-bond acceptors (Lipinski definition) is 5. The number of likely N-dealkylation sites (tertiary alicyclic amines) is 1. The normalized spacial score (nSPS) is 31.6. The van der Waals surface area contributed by atoms with E-state index in [1.165, 1.54) is 49.2 Å². The average molecular weight is 395 g/mol. The SMILES string of the molecule is CCC1C2(C)CCCC1(C)CN(Cc1ccc3c(c1)Nc1nccnc1S3)C2. The lowest BCUT2D eigenvalue weighted by atomic mass is 9.52. The van der Waals surface area contributed by atoms with Crippen molar-refractivity contribution in [2.24, 2.45) is 16.7 Å². The Balaban J connectivity index is 1.37. The van der Waals surface area contributed by atoms with Gasteiger partial charge in [0.1, 0.15) is 5.03 Å². The van der Waals surface area contributed by atoms with Crippen molar-refractivity contribution in [2.75, 3.05) is 18.4 Å². The van der Waals surface area contributed by atoms with Crippen LogP contribution in [0.5, 0.6) is 0 Å². The van der Waals surface area contributed by atoms with Crippen LogP contribution in [0.1, 0.15) is 52.0 Å². The number of nitrogens with one attached hydrogen (secondary N) is 1. The highest BCUT2D eigenvalue weighted by Gasteiger charge is 2.52. The second kappa shape index (κ2) is 6.74.